The molecule has 1 aliphatic carbocycles. The smallest absolute Gasteiger partial charge is 0.251 e. The Labute approximate surface area is 159 Å². The minimum atomic E-state index is -3.52. The highest BCUT2D eigenvalue weighted by Crippen LogP contribution is 2.28. The van der Waals surface area contributed by atoms with Crippen LogP contribution in [0, 0.1) is 0 Å². The van der Waals surface area contributed by atoms with Gasteiger partial charge in [-0.1, -0.05) is 12.8 Å². The van der Waals surface area contributed by atoms with Crippen LogP contribution >= 0.6 is 11.8 Å². The Bertz CT molecular complexity index is 694. The normalized spacial score (nSPS) is 19.5. The molecule has 0 bridgehead atoms. The lowest BCUT2D eigenvalue weighted by Gasteiger charge is -2.26. The summed E-state index contributed by atoms with van der Waals surface area (Å²) in [5.74, 6) is 0.757. The van der Waals surface area contributed by atoms with E-state index in [4.69, 9.17) is 4.74 Å². The minimum Gasteiger partial charge on any atom is -0.379 e. The van der Waals surface area contributed by atoms with Gasteiger partial charge >= 0.3 is 0 Å². The van der Waals surface area contributed by atoms with Gasteiger partial charge in [0.1, 0.15) is 0 Å². The highest BCUT2D eigenvalue weighted by atomic mass is 32.2. The van der Waals surface area contributed by atoms with Crippen molar-refractivity contribution in [2.75, 3.05) is 38.6 Å². The summed E-state index contributed by atoms with van der Waals surface area (Å²) in [5, 5.41) is 3.66. The molecule has 1 heterocycles. The molecular weight excluding hydrogens is 372 g/mol. The van der Waals surface area contributed by atoms with Gasteiger partial charge in [-0.15, -0.1) is 0 Å². The minimum absolute atomic E-state index is 0.160. The number of nitrogens with zero attached hydrogens (tertiary/aromatic N) is 1. The molecule has 144 valence electrons. The summed E-state index contributed by atoms with van der Waals surface area (Å²) < 4.78 is 31.8. The number of morpholine rings is 1. The molecule has 1 saturated heterocycles. The van der Waals surface area contributed by atoms with Gasteiger partial charge in [0.25, 0.3) is 5.91 Å². The van der Waals surface area contributed by atoms with E-state index in [0.29, 0.717) is 38.4 Å². The van der Waals surface area contributed by atoms with Crippen LogP contribution in [-0.4, -0.2) is 62.5 Å². The van der Waals surface area contributed by atoms with Gasteiger partial charge in [-0.05, 0) is 37.1 Å². The second-order valence-electron chi connectivity index (χ2n) is 6.57. The lowest BCUT2D eigenvalue weighted by Crippen LogP contribution is -2.40. The van der Waals surface area contributed by atoms with Crippen molar-refractivity contribution >= 4 is 27.7 Å². The highest BCUT2D eigenvalue weighted by Gasteiger charge is 2.26. The molecule has 1 aromatic rings. The quantitative estimate of drug-likeness (QED) is 0.712. The second-order valence-corrected chi connectivity index (χ2v) is 9.92. The summed E-state index contributed by atoms with van der Waals surface area (Å²) >= 11 is 1.93. The molecule has 2 aliphatic rings. The van der Waals surface area contributed by atoms with Crippen LogP contribution in [0.5, 0.6) is 0 Å². The molecule has 0 aromatic heterocycles. The molecule has 26 heavy (non-hydrogen) atoms. The molecule has 1 saturated carbocycles. The van der Waals surface area contributed by atoms with Crippen LogP contribution in [0.4, 0.5) is 0 Å². The number of ether oxygens (including phenoxy) is 1. The molecule has 0 unspecified atom stereocenters. The number of carbonyl (C=O) groups excluding carboxylic acids is 1. The number of hydrogen-bond acceptors (Lipinski definition) is 5. The zero-order valence-corrected chi connectivity index (χ0v) is 16.5. The number of thioether (sulfide) groups is 1. The van der Waals surface area contributed by atoms with Crippen molar-refractivity contribution in [3.63, 3.8) is 0 Å². The van der Waals surface area contributed by atoms with Gasteiger partial charge in [-0.3, -0.25) is 4.79 Å². The maximum absolute atomic E-state index is 12.6. The third-order valence-electron chi connectivity index (χ3n) is 4.77. The predicted molar refractivity (Wildman–Crippen MR) is 103 cm³/mol. The highest BCUT2D eigenvalue weighted by molar-refractivity contribution is 7.99. The number of nitrogens with one attached hydrogen (secondary N) is 1. The van der Waals surface area contributed by atoms with E-state index >= 15 is 0 Å². The fraction of sp³-hybridized carbons (Fsp3) is 0.611. The first kappa shape index (κ1) is 19.7. The van der Waals surface area contributed by atoms with E-state index < -0.39 is 10.0 Å². The maximum Gasteiger partial charge on any atom is 0.251 e. The molecule has 2 fully saturated rings. The Morgan fingerprint density at radius 2 is 1.81 bits per heavy atom. The third kappa shape index (κ3) is 5.00. The number of benzene rings is 1. The first-order valence-electron chi connectivity index (χ1n) is 9.15. The Morgan fingerprint density at radius 1 is 1.15 bits per heavy atom. The predicted octanol–water partition coefficient (Wildman–Crippen LogP) is 2.11. The molecule has 0 atom stereocenters. The van der Waals surface area contributed by atoms with Crippen LogP contribution in [0.15, 0.2) is 29.2 Å². The monoisotopic (exact) mass is 398 g/mol. The van der Waals surface area contributed by atoms with Crippen LogP contribution in [-0.2, 0) is 14.8 Å². The first-order valence-corrected chi connectivity index (χ1v) is 11.6. The largest absolute Gasteiger partial charge is 0.379 e. The topological polar surface area (TPSA) is 75.7 Å². The fourth-order valence-corrected chi connectivity index (χ4v) is 5.89. The Balaban J connectivity index is 1.50. The van der Waals surface area contributed by atoms with E-state index in [9.17, 15) is 13.2 Å². The summed E-state index contributed by atoms with van der Waals surface area (Å²) in [6, 6.07) is 6.17. The van der Waals surface area contributed by atoms with Gasteiger partial charge < -0.3 is 10.1 Å². The van der Waals surface area contributed by atoms with Gasteiger partial charge in [0.05, 0.1) is 18.1 Å². The molecule has 0 radical (unpaired) electrons. The summed E-state index contributed by atoms with van der Waals surface area (Å²) in [7, 11) is -3.52. The molecule has 1 aromatic carbocycles. The van der Waals surface area contributed by atoms with Crippen molar-refractivity contribution in [3.05, 3.63) is 29.8 Å². The zero-order valence-electron chi connectivity index (χ0n) is 14.9. The lowest BCUT2D eigenvalue weighted by molar-refractivity contribution is 0.0730. The number of sulfonamides is 1. The molecule has 1 amide bonds. The number of amides is 1. The van der Waals surface area contributed by atoms with E-state index in [1.807, 2.05) is 11.8 Å². The van der Waals surface area contributed by atoms with Crippen molar-refractivity contribution in [1.29, 1.82) is 0 Å². The zero-order chi connectivity index (χ0) is 18.4. The Morgan fingerprint density at radius 3 is 2.46 bits per heavy atom. The van der Waals surface area contributed by atoms with Crippen LogP contribution in [0.2, 0.25) is 0 Å². The van der Waals surface area contributed by atoms with Crippen LogP contribution in [0.25, 0.3) is 0 Å². The van der Waals surface area contributed by atoms with Gasteiger partial charge in [0, 0.05) is 36.2 Å². The number of rotatable bonds is 7. The molecule has 1 aliphatic heterocycles. The van der Waals surface area contributed by atoms with E-state index in [1.54, 1.807) is 12.1 Å². The number of hydrogen-bond donors (Lipinski definition) is 1. The summed E-state index contributed by atoms with van der Waals surface area (Å²) in [6.45, 7) is 2.19. The van der Waals surface area contributed by atoms with Crippen LogP contribution in [0.3, 0.4) is 0 Å². The van der Waals surface area contributed by atoms with Crippen LogP contribution < -0.4 is 5.32 Å². The van der Waals surface area contributed by atoms with Gasteiger partial charge in [-0.25, -0.2) is 8.42 Å². The molecule has 0 spiro atoms. The van der Waals surface area contributed by atoms with E-state index in [-0.39, 0.29) is 10.8 Å². The van der Waals surface area contributed by atoms with Crippen molar-refractivity contribution < 1.29 is 17.9 Å². The van der Waals surface area contributed by atoms with Gasteiger partial charge in [0.2, 0.25) is 10.0 Å². The Hall–Kier alpha value is -1.09. The maximum atomic E-state index is 12.6. The van der Waals surface area contributed by atoms with E-state index in [1.165, 1.54) is 42.1 Å². The molecule has 8 heteroatoms. The molecule has 6 nitrogen and oxygen atoms in total. The van der Waals surface area contributed by atoms with Gasteiger partial charge in [0.15, 0.2) is 0 Å². The van der Waals surface area contributed by atoms with Gasteiger partial charge in [-0.2, -0.15) is 16.1 Å². The van der Waals surface area contributed by atoms with Crippen molar-refractivity contribution in [2.24, 2.45) is 0 Å². The molecular formula is C18H26N2O4S2. The molecule has 3 rings (SSSR count). The Kier molecular flexibility index (Phi) is 6.97. The average molecular weight is 399 g/mol. The SMILES string of the molecule is O=C(NCCSC1CCCC1)c1ccc(S(=O)(=O)N2CCOCC2)cc1. The molecule has 1 N–H and O–H groups in total. The lowest BCUT2D eigenvalue weighted by atomic mass is 10.2. The first-order chi connectivity index (χ1) is 12.6. The second kappa shape index (κ2) is 9.21. The summed E-state index contributed by atoms with van der Waals surface area (Å²) in [6.07, 6.45) is 5.23. The fourth-order valence-electron chi connectivity index (χ4n) is 3.26. The van der Waals surface area contributed by atoms with Crippen LogP contribution in [0.1, 0.15) is 36.0 Å². The standard InChI is InChI=1S/C18H26N2O4S2/c21-18(19-9-14-25-16-3-1-2-4-16)15-5-7-17(8-6-15)26(22,23)20-10-12-24-13-11-20/h5-8,16H,1-4,9-14H2,(H,19,21). The van der Waals surface area contributed by atoms with Crippen molar-refractivity contribution in [1.82, 2.24) is 9.62 Å². The van der Waals surface area contributed by atoms with Crippen molar-refractivity contribution in [2.45, 2.75) is 35.8 Å². The summed E-state index contributed by atoms with van der Waals surface area (Å²) in [4.78, 5) is 12.4. The number of carbonyl (C=O) groups is 1. The average Bonchev–Trinajstić information content (AvgIpc) is 3.19. The summed E-state index contributed by atoms with van der Waals surface area (Å²) in [5.41, 5.74) is 0.483. The van der Waals surface area contributed by atoms with E-state index in [0.717, 1.165) is 11.0 Å². The van der Waals surface area contributed by atoms with E-state index in [2.05, 4.69) is 5.32 Å². The van der Waals surface area contributed by atoms with Crippen molar-refractivity contribution in [3.8, 4) is 0 Å². The third-order valence-corrected chi connectivity index (χ3v) is 8.06.